The van der Waals surface area contributed by atoms with Gasteiger partial charge in [0.15, 0.2) is 0 Å². The smallest absolute Gasteiger partial charge is 0.252 e. The highest BCUT2D eigenvalue weighted by atomic mass is 35.5. The maximum Gasteiger partial charge on any atom is 0.252 e. The van der Waals surface area contributed by atoms with Crippen molar-refractivity contribution < 1.29 is 9.59 Å². The highest BCUT2D eigenvalue weighted by Gasteiger charge is 2.05. The zero-order valence-electron chi connectivity index (χ0n) is 7.29. The minimum atomic E-state index is -0.519. The first-order valence-electron chi connectivity index (χ1n) is 3.89. The maximum atomic E-state index is 11.2. The number of rotatable bonds is 3. The largest absolute Gasteiger partial charge is 0.366 e. The van der Waals surface area contributed by atoms with Crippen LogP contribution in [0.2, 0.25) is 0 Å². The third-order valence-electron chi connectivity index (χ3n) is 1.66. The SMILES string of the molecule is NC(=O)c1ccc(C(=O)NCCl)cc1. The topological polar surface area (TPSA) is 72.2 Å². The van der Waals surface area contributed by atoms with E-state index in [-0.39, 0.29) is 11.9 Å². The Hall–Kier alpha value is -1.55. The molecule has 14 heavy (non-hydrogen) atoms. The van der Waals surface area contributed by atoms with Crippen molar-refractivity contribution in [1.82, 2.24) is 5.32 Å². The molecule has 3 N–H and O–H groups in total. The Labute approximate surface area is 86.0 Å². The molecule has 2 amide bonds. The van der Waals surface area contributed by atoms with Crippen LogP contribution in [0.4, 0.5) is 0 Å². The van der Waals surface area contributed by atoms with Crippen LogP contribution in [0.1, 0.15) is 20.7 Å². The highest BCUT2D eigenvalue weighted by Crippen LogP contribution is 2.03. The standard InChI is InChI=1S/C9H9ClN2O2/c10-5-12-9(14)7-3-1-6(2-4-7)8(11)13/h1-4H,5H2,(H2,11,13)(H,12,14). The van der Waals surface area contributed by atoms with Gasteiger partial charge in [0, 0.05) is 11.1 Å². The molecular formula is C9H9ClN2O2. The molecule has 0 bridgehead atoms. The van der Waals surface area contributed by atoms with Gasteiger partial charge < -0.3 is 11.1 Å². The van der Waals surface area contributed by atoms with Gasteiger partial charge in [0.05, 0.1) is 6.00 Å². The van der Waals surface area contributed by atoms with Crippen LogP contribution < -0.4 is 11.1 Å². The summed E-state index contributed by atoms with van der Waals surface area (Å²) in [5.41, 5.74) is 5.85. The molecule has 74 valence electrons. The van der Waals surface area contributed by atoms with E-state index in [2.05, 4.69) is 5.32 Å². The van der Waals surface area contributed by atoms with E-state index >= 15 is 0 Å². The fourth-order valence-corrected chi connectivity index (χ4v) is 1.07. The van der Waals surface area contributed by atoms with Crippen molar-refractivity contribution in [2.45, 2.75) is 0 Å². The normalized spacial score (nSPS) is 9.50. The Morgan fingerprint density at radius 1 is 1.21 bits per heavy atom. The lowest BCUT2D eigenvalue weighted by molar-refractivity contribution is 0.0957. The Morgan fingerprint density at radius 2 is 1.71 bits per heavy atom. The second-order valence-corrected chi connectivity index (χ2v) is 2.85. The quantitative estimate of drug-likeness (QED) is 0.572. The molecule has 0 aliphatic heterocycles. The summed E-state index contributed by atoms with van der Waals surface area (Å²) in [5.74, 6) is -0.801. The van der Waals surface area contributed by atoms with Gasteiger partial charge in [0.1, 0.15) is 0 Å². The summed E-state index contributed by atoms with van der Waals surface area (Å²) in [5, 5.41) is 2.42. The summed E-state index contributed by atoms with van der Waals surface area (Å²) in [6.45, 7) is 0. The van der Waals surface area contributed by atoms with Gasteiger partial charge in [-0.3, -0.25) is 9.59 Å². The lowest BCUT2D eigenvalue weighted by atomic mass is 10.1. The summed E-state index contributed by atoms with van der Waals surface area (Å²) in [6.07, 6.45) is 0. The fourth-order valence-electron chi connectivity index (χ4n) is 0.949. The number of amides is 2. The van der Waals surface area contributed by atoms with Crippen LogP contribution in [0.25, 0.3) is 0 Å². The number of carbonyl (C=O) groups excluding carboxylic acids is 2. The molecule has 0 aliphatic carbocycles. The Kier molecular flexibility index (Phi) is 3.48. The molecule has 0 saturated carbocycles. The number of alkyl halides is 1. The van der Waals surface area contributed by atoms with Crippen LogP contribution in [0.15, 0.2) is 24.3 Å². The number of primary amides is 1. The average molecular weight is 213 g/mol. The fraction of sp³-hybridized carbons (Fsp3) is 0.111. The molecule has 0 fully saturated rings. The number of halogens is 1. The molecule has 0 unspecified atom stereocenters. The van der Waals surface area contributed by atoms with E-state index in [1.54, 1.807) is 0 Å². The van der Waals surface area contributed by atoms with Crippen molar-refractivity contribution in [2.75, 3.05) is 6.00 Å². The Morgan fingerprint density at radius 3 is 2.14 bits per heavy atom. The maximum absolute atomic E-state index is 11.2. The van der Waals surface area contributed by atoms with Crippen molar-refractivity contribution in [3.8, 4) is 0 Å². The van der Waals surface area contributed by atoms with Crippen LogP contribution >= 0.6 is 11.6 Å². The third kappa shape index (κ3) is 2.47. The highest BCUT2D eigenvalue weighted by molar-refractivity contribution is 6.19. The molecule has 0 atom stereocenters. The predicted molar refractivity (Wildman–Crippen MR) is 53.1 cm³/mol. The lowest BCUT2D eigenvalue weighted by Gasteiger charge is -2.01. The molecule has 1 aromatic carbocycles. The first kappa shape index (κ1) is 10.5. The van der Waals surface area contributed by atoms with Crippen LogP contribution in [0.3, 0.4) is 0 Å². The molecule has 4 nitrogen and oxygen atoms in total. The van der Waals surface area contributed by atoms with E-state index in [0.717, 1.165) is 0 Å². The zero-order valence-corrected chi connectivity index (χ0v) is 8.04. The molecule has 0 radical (unpaired) electrons. The molecule has 1 aromatic rings. The summed E-state index contributed by atoms with van der Waals surface area (Å²) >= 11 is 5.32. The van der Waals surface area contributed by atoms with Crippen LogP contribution in [-0.4, -0.2) is 17.8 Å². The number of benzene rings is 1. The second kappa shape index (κ2) is 4.62. The summed E-state index contributed by atoms with van der Waals surface area (Å²) in [7, 11) is 0. The first-order chi connectivity index (χ1) is 6.65. The molecule has 0 aromatic heterocycles. The van der Waals surface area contributed by atoms with Gasteiger partial charge >= 0.3 is 0 Å². The van der Waals surface area contributed by atoms with Crippen LogP contribution in [0, 0.1) is 0 Å². The Bertz CT molecular complexity index is 348. The van der Waals surface area contributed by atoms with Crippen molar-refractivity contribution in [1.29, 1.82) is 0 Å². The molecule has 0 aliphatic rings. The minimum Gasteiger partial charge on any atom is -0.366 e. The van der Waals surface area contributed by atoms with Crippen LogP contribution in [0.5, 0.6) is 0 Å². The third-order valence-corrected chi connectivity index (χ3v) is 1.79. The van der Waals surface area contributed by atoms with Crippen molar-refractivity contribution in [2.24, 2.45) is 5.73 Å². The number of nitrogens with one attached hydrogen (secondary N) is 1. The van der Waals surface area contributed by atoms with Gasteiger partial charge in [0.2, 0.25) is 5.91 Å². The van der Waals surface area contributed by atoms with Crippen molar-refractivity contribution >= 4 is 23.4 Å². The van der Waals surface area contributed by atoms with E-state index in [9.17, 15) is 9.59 Å². The van der Waals surface area contributed by atoms with Gasteiger partial charge in [0.25, 0.3) is 5.91 Å². The summed E-state index contributed by atoms with van der Waals surface area (Å²) < 4.78 is 0. The van der Waals surface area contributed by atoms with Gasteiger partial charge in [-0.25, -0.2) is 0 Å². The van der Waals surface area contributed by atoms with Crippen molar-refractivity contribution in [3.63, 3.8) is 0 Å². The van der Waals surface area contributed by atoms with E-state index in [4.69, 9.17) is 17.3 Å². The molecule has 0 heterocycles. The van der Waals surface area contributed by atoms with E-state index in [1.807, 2.05) is 0 Å². The van der Waals surface area contributed by atoms with E-state index < -0.39 is 5.91 Å². The number of carbonyl (C=O) groups is 2. The monoisotopic (exact) mass is 212 g/mol. The minimum absolute atomic E-state index is 0.0520. The van der Waals surface area contributed by atoms with Crippen molar-refractivity contribution in [3.05, 3.63) is 35.4 Å². The molecule has 0 saturated heterocycles. The lowest BCUT2D eigenvalue weighted by Crippen LogP contribution is -2.21. The molecule has 1 rings (SSSR count). The summed E-state index contributed by atoms with van der Waals surface area (Å²) in [6, 6.07) is 6.07. The zero-order chi connectivity index (χ0) is 10.6. The number of hydrogen-bond acceptors (Lipinski definition) is 2. The first-order valence-corrected chi connectivity index (χ1v) is 4.42. The average Bonchev–Trinajstić information content (AvgIpc) is 2.18. The predicted octanol–water partition coefficient (Wildman–Crippen LogP) is 0.712. The Balaban J connectivity index is 2.83. The van der Waals surface area contributed by atoms with Gasteiger partial charge in [-0.1, -0.05) is 0 Å². The molecular weight excluding hydrogens is 204 g/mol. The van der Waals surface area contributed by atoms with E-state index in [1.165, 1.54) is 24.3 Å². The summed E-state index contributed by atoms with van der Waals surface area (Å²) in [4.78, 5) is 21.9. The van der Waals surface area contributed by atoms with E-state index in [0.29, 0.717) is 11.1 Å². The molecule has 0 spiro atoms. The molecule has 5 heteroatoms. The van der Waals surface area contributed by atoms with Gasteiger partial charge in [-0.05, 0) is 24.3 Å². The number of nitrogens with two attached hydrogens (primary N) is 1. The van der Waals surface area contributed by atoms with Gasteiger partial charge in [-0.2, -0.15) is 0 Å². The number of hydrogen-bond donors (Lipinski definition) is 2. The van der Waals surface area contributed by atoms with Gasteiger partial charge in [-0.15, -0.1) is 11.6 Å². The second-order valence-electron chi connectivity index (χ2n) is 2.58. The van der Waals surface area contributed by atoms with Crippen LogP contribution in [-0.2, 0) is 0 Å².